The summed E-state index contributed by atoms with van der Waals surface area (Å²) in [7, 11) is -2.56. The standard InChI is InChI=1S/C42H31ClF8N8O4S/c1-41-16-30(41)42(50,51)36-33(41)34(37(48)49)54-58(36)17-31(60)52-28(12-18-10-21(45)14-22(46)11-18)39-53-27-13-19(24-15-20(44)5-8-26(24)47)4-6-23(27)40(61)59(39)29-9-7-25(43)32-35(29)57(2)55-38(32)56-64(3,62)63/h4-11,13-15,28,30,37H,12,16-17H2,1-3H3,(H,52,60)(H,55,56)/t28-,30?,41+/m0/s1. The van der Waals surface area contributed by atoms with Crippen LogP contribution in [-0.2, 0) is 46.2 Å². The van der Waals surface area contributed by atoms with E-state index in [1.54, 1.807) is 0 Å². The Morgan fingerprint density at radius 2 is 1.69 bits per heavy atom. The lowest BCUT2D eigenvalue weighted by Crippen LogP contribution is -2.38. The molecule has 2 N–H and O–H groups in total. The first kappa shape index (κ1) is 42.9. The average Bonchev–Trinajstić information content (AvgIpc) is 3.50. The third-order valence-electron chi connectivity index (χ3n) is 11.6. The van der Waals surface area contributed by atoms with Crippen LogP contribution in [0.1, 0.15) is 54.2 Å². The van der Waals surface area contributed by atoms with E-state index in [0.29, 0.717) is 10.7 Å². The van der Waals surface area contributed by atoms with E-state index in [9.17, 15) is 40.0 Å². The van der Waals surface area contributed by atoms with E-state index in [1.165, 1.54) is 49.0 Å². The molecule has 64 heavy (non-hydrogen) atoms. The largest absolute Gasteiger partial charge is 0.344 e. The Morgan fingerprint density at radius 1 is 0.969 bits per heavy atom. The van der Waals surface area contributed by atoms with Gasteiger partial charge in [0.05, 0.1) is 44.8 Å². The molecule has 0 aliphatic heterocycles. The zero-order chi connectivity index (χ0) is 45.9. The number of aryl methyl sites for hydroxylation is 1. The summed E-state index contributed by atoms with van der Waals surface area (Å²) in [5.41, 5.74) is -4.75. The number of amides is 1. The van der Waals surface area contributed by atoms with Crippen LogP contribution < -0.4 is 15.6 Å². The summed E-state index contributed by atoms with van der Waals surface area (Å²) in [5, 5.41) is 10.4. The fourth-order valence-electron chi connectivity index (χ4n) is 8.87. The van der Waals surface area contributed by atoms with E-state index in [0.717, 1.165) is 41.2 Å². The molecule has 22 heteroatoms. The summed E-state index contributed by atoms with van der Waals surface area (Å²) in [6.45, 7) is 0.355. The minimum Gasteiger partial charge on any atom is -0.344 e. The Kier molecular flexibility index (Phi) is 9.97. The Labute approximate surface area is 361 Å². The van der Waals surface area contributed by atoms with Gasteiger partial charge in [-0.1, -0.05) is 24.6 Å². The van der Waals surface area contributed by atoms with Crippen LogP contribution in [0.25, 0.3) is 38.6 Å². The summed E-state index contributed by atoms with van der Waals surface area (Å²) in [6, 6.07) is 9.99. The number of rotatable bonds is 11. The lowest BCUT2D eigenvalue weighted by atomic mass is 9.99. The lowest BCUT2D eigenvalue weighted by molar-refractivity contribution is -0.123. The van der Waals surface area contributed by atoms with Gasteiger partial charge in [0.2, 0.25) is 15.9 Å². The van der Waals surface area contributed by atoms with Crippen LogP contribution in [-0.4, -0.2) is 49.7 Å². The van der Waals surface area contributed by atoms with Gasteiger partial charge in [-0.15, -0.1) is 0 Å². The second-order valence-corrected chi connectivity index (χ2v) is 18.2. The molecule has 1 saturated carbocycles. The van der Waals surface area contributed by atoms with Crippen LogP contribution in [0.4, 0.5) is 40.9 Å². The van der Waals surface area contributed by atoms with E-state index in [2.05, 4.69) is 20.2 Å². The molecular formula is C42H31ClF8N8O4S. The number of benzene rings is 4. The van der Waals surface area contributed by atoms with Gasteiger partial charge in [0.25, 0.3) is 17.9 Å². The fraction of sp³-hybridized carbons (Fsp3) is 0.262. The summed E-state index contributed by atoms with van der Waals surface area (Å²) in [5.74, 6) is -10.4. The quantitative estimate of drug-likeness (QED) is 0.125. The van der Waals surface area contributed by atoms with Crippen LogP contribution in [0.5, 0.6) is 0 Å². The minimum atomic E-state index is -3.96. The maximum absolute atomic E-state index is 15.8. The lowest BCUT2D eigenvalue weighted by Gasteiger charge is -2.24. The highest BCUT2D eigenvalue weighted by Crippen LogP contribution is 2.71. The normalized spacial score (nSPS) is 18.1. The molecule has 0 saturated heterocycles. The molecule has 3 heterocycles. The maximum atomic E-state index is 15.8. The first-order chi connectivity index (χ1) is 30.0. The second kappa shape index (κ2) is 14.9. The molecular weight excluding hydrogens is 900 g/mol. The first-order valence-electron chi connectivity index (χ1n) is 19.2. The average molecular weight is 931 g/mol. The highest BCUT2D eigenvalue weighted by molar-refractivity contribution is 7.92. The molecule has 1 amide bonds. The molecule has 3 atom stereocenters. The molecule has 0 spiro atoms. The molecule has 1 fully saturated rings. The monoisotopic (exact) mass is 930 g/mol. The van der Waals surface area contributed by atoms with Crippen molar-refractivity contribution < 1.29 is 48.3 Å². The molecule has 0 bridgehead atoms. The zero-order valence-electron chi connectivity index (χ0n) is 33.3. The summed E-state index contributed by atoms with van der Waals surface area (Å²) in [6.07, 6.45) is -3.03. The highest BCUT2D eigenvalue weighted by atomic mass is 35.5. The van der Waals surface area contributed by atoms with E-state index in [1.807, 2.05) is 0 Å². The van der Waals surface area contributed by atoms with Gasteiger partial charge in [0.15, 0.2) is 5.82 Å². The smallest absolute Gasteiger partial charge is 0.293 e. The predicted molar refractivity (Wildman–Crippen MR) is 218 cm³/mol. The number of carbonyl (C=O) groups is 1. The number of fused-ring (bicyclic) bond motifs is 5. The van der Waals surface area contributed by atoms with Crippen LogP contribution in [0.3, 0.4) is 0 Å². The van der Waals surface area contributed by atoms with E-state index < -0.39 is 105 Å². The molecule has 3 aromatic heterocycles. The van der Waals surface area contributed by atoms with Crippen molar-refractivity contribution in [3.8, 4) is 16.8 Å². The first-order valence-corrected chi connectivity index (χ1v) is 21.5. The number of anilines is 1. The molecule has 9 rings (SSSR count). The van der Waals surface area contributed by atoms with Crippen molar-refractivity contribution in [3.63, 3.8) is 0 Å². The molecule has 2 aliphatic rings. The van der Waals surface area contributed by atoms with Crippen molar-refractivity contribution in [2.45, 2.75) is 50.1 Å². The SMILES string of the molecule is Cn1nc(NS(C)(=O)=O)c2c(Cl)ccc(-n3c([C@H](Cc4cc(F)cc(F)c4)NC(=O)Cn4nc(C(F)F)c5c4C(F)(F)C4C[C@@]54C)nc4cc(-c5cc(F)ccc5F)ccc4c3=O)c21. The highest BCUT2D eigenvalue weighted by Gasteiger charge is 2.74. The van der Waals surface area contributed by atoms with Gasteiger partial charge in [-0.25, -0.2) is 39.7 Å². The van der Waals surface area contributed by atoms with Crippen molar-refractivity contribution in [2.75, 3.05) is 11.0 Å². The fourth-order valence-corrected chi connectivity index (χ4v) is 9.61. The number of halogens is 9. The summed E-state index contributed by atoms with van der Waals surface area (Å²) in [4.78, 5) is 33.9. The van der Waals surface area contributed by atoms with Gasteiger partial charge in [-0.3, -0.25) is 28.2 Å². The van der Waals surface area contributed by atoms with Gasteiger partial charge in [0.1, 0.15) is 47.0 Å². The van der Waals surface area contributed by atoms with Crippen LogP contribution >= 0.6 is 11.6 Å². The van der Waals surface area contributed by atoms with E-state index in [4.69, 9.17) is 16.6 Å². The van der Waals surface area contributed by atoms with Gasteiger partial charge in [0, 0.05) is 42.0 Å². The van der Waals surface area contributed by atoms with Crippen molar-refractivity contribution in [2.24, 2.45) is 13.0 Å². The van der Waals surface area contributed by atoms with Crippen molar-refractivity contribution >= 4 is 55.2 Å². The van der Waals surface area contributed by atoms with Crippen molar-refractivity contribution in [3.05, 3.63) is 134 Å². The van der Waals surface area contributed by atoms with Crippen molar-refractivity contribution in [1.82, 2.24) is 34.4 Å². The summed E-state index contributed by atoms with van der Waals surface area (Å²) >= 11 is 6.60. The number of hydrogen-bond acceptors (Lipinski definition) is 7. The number of aromatic nitrogens is 6. The Morgan fingerprint density at radius 3 is 2.38 bits per heavy atom. The summed E-state index contributed by atoms with van der Waals surface area (Å²) < 4.78 is 149. The molecule has 4 aromatic carbocycles. The molecule has 7 aromatic rings. The van der Waals surface area contributed by atoms with Gasteiger partial charge >= 0.3 is 0 Å². The van der Waals surface area contributed by atoms with Crippen molar-refractivity contribution in [1.29, 1.82) is 0 Å². The Balaban J connectivity index is 1.27. The Hall–Kier alpha value is -6.35. The van der Waals surface area contributed by atoms with Gasteiger partial charge in [-0.2, -0.15) is 19.0 Å². The zero-order valence-corrected chi connectivity index (χ0v) is 34.9. The number of alkyl halides is 4. The van der Waals surface area contributed by atoms with Crippen LogP contribution in [0.15, 0.2) is 71.5 Å². The maximum Gasteiger partial charge on any atom is 0.293 e. The van der Waals surface area contributed by atoms with Gasteiger partial charge in [-0.05, 0) is 72.1 Å². The second-order valence-electron chi connectivity index (χ2n) is 16.1. The minimum absolute atomic E-state index is 0.00444. The molecule has 1 unspecified atom stereocenters. The number of carbonyl (C=O) groups excluding carboxylic acids is 1. The van der Waals surface area contributed by atoms with E-state index in [-0.39, 0.29) is 67.0 Å². The predicted octanol–water partition coefficient (Wildman–Crippen LogP) is 8.14. The van der Waals surface area contributed by atoms with Crippen LogP contribution in [0, 0.1) is 29.2 Å². The third kappa shape index (κ3) is 7.13. The number of nitrogens with zero attached hydrogens (tertiary/aromatic N) is 6. The van der Waals surface area contributed by atoms with E-state index >= 15 is 13.2 Å². The third-order valence-corrected chi connectivity index (χ3v) is 12.5. The Bertz CT molecular complexity index is 3300. The number of hydrogen-bond donors (Lipinski definition) is 2. The van der Waals surface area contributed by atoms with Crippen LogP contribution in [0.2, 0.25) is 5.02 Å². The number of nitrogens with one attached hydrogen (secondary N) is 2. The molecule has 2 aliphatic carbocycles. The molecule has 332 valence electrons. The topological polar surface area (TPSA) is 146 Å². The number of sulfonamides is 1. The molecule has 0 radical (unpaired) electrons. The van der Waals surface area contributed by atoms with Gasteiger partial charge < -0.3 is 5.32 Å². The molecule has 12 nitrogen and oxygen atoms in total.